The molecule has 0 saturated carbocycles. The molecule has 0 amide bonds. The van der Waals surface area contributed by atoms with Crippen molar-refractivity contribution in [3.63, 3.8) is 0 Å². The molecule has 0 N–H and O–H groups in total. The van der Waals surface area contributed by atoms with Crippen molar-refractivity contribution in [1.29, 1.82) is 0 Å². The predicted octanol–water partition coefficient (Wildman–Crippen LogP) is 21.0. The molecule has 0 saturated heterocycles. The van der Waals surface area contributed by atoms with Gasteiger partial charge < -0.3 is 9.13 Å². The maximum atomic E-state index is 5.48. The van der Waals surface area contributed by atoms with Crippen molar-refractivity contribution in [2.75, 3.05) is 0 Å². The Morgan fingerprint density at radius 3 is 0.725 bits per heavy atom. The number of hydrogen-bond acceptors (Lipinski definition) is 7. The molecule has 11 aromatic carbocycles. The van der Waals surface area contributed by atoms with E-state index in [2.05, 4.69) is 264 Å². The lowest BCUT2D eigenvalue weighted by atomic mass is 10.1. The minimum Gasteiger partial charge on any atom is -0.309 e. The summed E-state index contributed by atoms with van der Waals surface area (Å²) in [6.07, 6.45) is 7.55. The van der Waals surface area contributed by atoms with Crippen LogP contribution in [-0.2, 0) is 0 Å². The van der Waals surface area contributed by atoms with E-state index < -0.39 is 0 Å². The SMILES string of the molecule is c1ccc(-c2nc(-c3ccccc3)nc(-c3cc(-n4c5ccc(-n6c7ccccc7c7cccnc76)cc5c5cc(-n6c7ccccc7c7cccnc76)ccc54)cc(-n4c5ccc(-n6c7ccccc7c7cccnc76)cc5c5cc(-n6c7ccccc7c7cccnc76)ccc54)c3)n2)cc1. The summed E-state index contributed by atoms with van der Waals surface area (Å²) in [4.78, 5) is 36.4. The molecule has 13 heteroatoms. The van der Waals surface area contributed by atoms with Crippen LogP contribution in [-0.4, -0.2) is 62.3 Å². The lowest BCUT2D eigenvalue weighted by Gasteiger charge is -2.16. The molecule has 0 aliphatic carbocycles. The van der Waals surface area contributed by atoms with Crippen molar-refractivity contribution < 1.29 is 0 Å². The van der Waals surface area contributed by atoms with Crippen molar-refractivity contribution in [3.05, 3.63) is 322 Å². The van der Waals surface area contributed by atoms with Gasteiger partial charge in [0, 0.05) is 140 Å². The van der Waals surface area contributed by atoms with E-state index in [9.17, 15) is 0 Å². The van der Waals surface area contributed by atoms with Gasteiger partial charge in [-0.25, -0.2) is 34.9 Å². The highest BCUT2D eigenvalue weighted by molar-refractivity contribution is 6.16. The number of aromatic nitrogens is 13. The average Bonchev–Trinajstić information content (AvgIpc) is 1.56. The molecule has 11 heterocycles. The van der Waals surface area contributed by atoms with Gasteiger partial charge in [-0.1, -0.05) is 133 Å². The molecule has 474 valence electrons. The van der Waals surface area contributed by atoms with Gasteiger partial charge in [-0.15, -0.1) is 0 Å². The lowest BCUT2D eigenvalue weighted by molar-refractivity contribution is 1.07. The summed E-state index contributed by atoms with van der Waals surface area (Å²) in [7, 11) is 0. The zero-order valence-corrected chi connectivity index (χ0v) is 54.4. The topological polar surface area (TPSA) is 120 Å². The maximum Gasteiger partial charge on any atom is 0.164 e. The van der Waals surface area contributed by atoms with Crippen molar-refractivity contribution in [1.82, 2.24) is 62.3 Å². The Labute approximate surface area is 580 Å². The molecule has 11 aromatic heterocycles. The van der Waals surface area contributed by atoms with Crippen LogP contribution in [0.5, 0.6) is 0 Å². The first-order valence-electron chi connectivity index (χ1n) is 34.2. The second-order valence-corrected chi connectivity index (χ2v) is 26.2. The quantitative estimate of drug-likeness (QED) is 0.141. The van der Waals surface area contributed by atoms with Crippen LogP contribution in [0.25, 0.3) is 200 Å². The second kappa shape index (κ2) is 21.7. The molecule has 13 nitrogen and oxygen atoms in total. The standard InChI is InChI=1S/C89H53N13/c1-3-19-54(20-4-1)83-94-84(55-21-5-2-6-22-55)96-85(95-83)56-47-61(97-79-39-35-57(99-75-31-11-7-23-63(75)67-27-15-43-90-86(67)99)50-71(79)72-51-58(36-40-80(72)97)100-76-32-12-8-24-64(76)68-28-16-44-91-87(68)100)49-62(48-56)98-81-41-37-59(101-77-33-13-9-25-65(77)69-29-17-45-92-88(69)101)52-73(81)74-53-60(38-42-82(74)98)102-78-34-14-10-26-66(78)70-30-18-46-93-89(70)102/h1-53H. The average molecular weight is 1300 g/mol. The first kappa shape index (κ1) is 55.9. The van der Waals surface area contributed by atoms with Crippen LogP contribution in [0.4, 0.5) is 0 Å². The van der Waals surface area contributed by atoms with Crippen molar-refractivity contribution in [2.45, 2.75) is 0 Å². The minimum atomic E-state index is 0.525. The van der Waals surface area contributed by atoms with E-state index in [4.69, 9.17) is 34.9 Å². The summed E-state index contributed by atoms with van der Waals surface area (Å²) in [6.45, 7) is 0. The van der Waals surface area contributed by atoms with Gasteiger partial charge in [-0.2, -0.15) is 0 Å². The third-order valence-electron chi connectivity index (χ3n) is 20.6. The Morgan fingerprint density at radius 2 is 0.422 bits per heavy atom. The number of pyridine rings is 4. The number of nitrogens with zero attached hydrogens (tertiary/aromatic N) is 13. The van der Waals surface area contributed by atoms with Gasteiger partial charge in [0.1, 0.15) is 22.6 Å². The van der Waals surface area contributed by atoms with E-state index in [1.165, 1.54) is 0 Å². The van der Waals surface area contributed by atoms with Gasteiger partial charge in [-0.3, -0.25) is 18.3 Å². The molecule has 0 aliphatic heterocycles. The lowest BCUT2D eigenvalue weighted by Crippen LogP contribution is -2.04. The van der Waals surface area contributed by atoms with Gasteiger partial charge in [0.15, 0.2) is 17.5 Å². The largest absolute Gasteiger partial charge is 0.309 e. The Bertz CT molecular complexity index is 6290. The van der Waals surface area contributed by atoms with Crippen LogP contribution in [0, 0.1) is 0 Å². The molecular formula is C89H53N13. The molecule has 0 atom stereocenters. The highest BCUT2D eigenvalue weighted by Crippen LogP contribution is 2.44. The normalized spacial score (nSPS) is 12.1. The van der Waals surface area contributed by atoms with Crippen molar-refractivity contribution >= 4 is 131 Å². The van der Waals surface area contributed by atoms with E-state index in [-0.39, 0.29) is 0 Å². The van der Waals surface area contributed by atoms with Gasteiger partial charge >= 0.3 is 0 Å². The van der Waals surface area contributed by atoms with E-state index in [0.717, 1.165) is 182 Å². The van der Waals surface area contributed by atoms with E-state index in [1.54, 1.807) is 0 Å². The summed E-state index contributed by atoms with van der Waals surface area (Å²) < 4.78 is 14.1. The van der Waals surface area contributed by atoms with Crippen LogP contribution >= 0.6 is 0 Å². The molecule has 22 rings (SSSR count). The number of benzene rings is 11. The van der Waals surface area contributed by atoms with Gasteiger partial charge in [0.25, 0.3) is 0 Å². The second-order valence-electron chi connectivity index (χ2n) is 26.2. The molecule has 0 bridgehead atoms. The predicted molar refractivity (Wildman–Crippen MR) is 413 cm³/mol. The van der Waals surface area contributed by atoms with Gasteiger partial charge in [0.05, 0.1) is 44.1 Å². The smallest absolute Gasteiger partial charge is 0.164 e. The van der Waals surface area contributed by atoms with E-state index in [0.29, 0.717) is 17.5 Å². The van der Waals surface area contributed by atoms with Crippen LogP contribution < -0.4 is 0 Å². The summed E-state index contributed by atoms with van der Waals surface area (Å²) in [6, 6.07) is 106. The number of fused-ring (bicyclic) bond motifs is 18. The third-order valence-corrected chi connectivity index (χ3v) is 20.6. The summed E-state index contributed by atoms with van der Waals surface area (Å²) in [5.41, 5.74) is 20.2. The summed E-state index contributed by atoms with van der Waals surface area (Å²) in [5.74, 6) is 1.66. The fourth-order valence-electron chi connectivity index (χ4n) is 16.3. The third kappa shape index (κ3) is 8.24. The highest BCUT2D eigenvalue weighted by Gasteiger charge is 2.25. The van der Waals surface area contributed by atoms with E-state index >= 15 is 0 Å². The minimum absolute atomic E-state index is 0.525. The van der Waals surface area contributed by atoms with Gasteiger partial charge in [-0.05, 0) is 164 Å². The number of rotatable bonds is 9. The highest BCUT2D eigenvalue weighted by atomic mass is 15.1. The Kier molecular flexibility index (Phi) is 11.9. The van der Waals surface area contributed by atoms with Crippen molar-refractivity contribution in [2.24, 2.45) is 0 Å². The number of para-hydroxylation sites is 4. The Balaban J connectivity index is 0.850. The monoisotopic (exact) mass is 1300 g/mol. The Hall–Kier alpha value is -14.2. The zero-order chi connectivity index (χ0) is 66.7. The number of hydrogen-bond donors (Lipinski definition) is 0. The molecule has 0 unspecified atom stereocenters. The Morgan fingerprint density at radius 1 is 0.167 bits per heavy atom. The van der Waals surface area contributed by atoms with Crippen LogP contribution in [0.15, 0.2) is 322 Å². The summed E-state index contributed by atoms with van der Waals surface area (Å²) in [5, 5.41) is 13.2. The maximum absolute atomic E-state index is 5.48. The van der Waals surface area contributed by atoms with Crippen LogP contribution in [0.1, 0.15) is 0 Å². The first-order valence-corrected chi connectivity index (χ1v) is 34.2. The molecule has 22 aromatic rings. The van der Waals surface area contributed by atoms with Crippen LogP contribution in [0.3, 0.4) is 0 Å². The van der Waals surface area contributed by atoms with E-state index in [1.807, 2.05) is 85.5 Å². The van der Waals surface area contributed by atoms with Crippen LogP contribution in [0.2, 0.25) is 0 Å². The van der Waals surface area contributed by atoms with Gasteiger partial charge in [0.2, 0.25) is 0 Å². The fraction of sp³-hybridized carbons (Fsp3) is 0. The molecule has 0 spiro atoms. The molecule has 0 aliphatic rings. The molecule has 0 fully saturated rings. The summed E-state index contributed by atoms with van der Waals surface area (Å²) >= 11 is 0. The van der Waals surface area contributed by atoms with Crippen molar-refractivity contribution in [3.8, 4) is 68.3 Å². The molecule has 0 radical (unpaired) electrons. The fourth-order valence-corrected chi connectivity index (χ4v) is 16.3. The molecular weight excluding hydrogens is 1250 g/mol. The zero-order valence-electron chi connectivity index (χ0n) is 54.4. The first-order chi connectivity index (χ1) is 50.6. The molecule has 102 heavy (non-hydrogen) atoms.